The summed E-state index contributed by atoms with van der Waals surface area (Å²) in [4.78, 5) is 14.1. The Bertz CT molecular complexity index is 1150. The number of allylic oxidation sites excluding steroid dienone is 1. The number of halogens is 1. The monoisotopic (exact) mass is 501 g/mol. The van der Waals surface area contributed by atoms with Crippen molar-refractivity contribution < 1.29 is 14.3 Å². The predicted molar refractivity (Wildman–Crippen MR) is 147 cm³/mol. The average molecular weight is 502 g/mol. The standard InChI is InChI=1S/C33H40FNO2/c34-14-3-15-35-20-23(21-35)16-22-8-10-24(11-9-22)32-30(29-17-25-4-1-5-26(25)18-29)7-2-6-27-19-28(33(36)37)12-13-31(27)32/h8-13,19,23,25-26,29H,1-7,14-18,20-21H2,(H,36,37)/t25-,26+,29?. The van der Waals surface area contributed by atoms with E-state index in [0.717, 1.165) is 57.2 Å². The molecular weight excluding hydrogens is 461 g/mol. The molecule has 0 radical (unpaired) electrons. The van der Waals surface area contributed by atoms with Gasteiger partial charge in [0.25, 0.3) is 0 Å². The third-order valence-electron chi connectivity index (χ3n) is 9.73. The Hall–Kier alpha value is -2.46. The van der Waals surface area contributed by atoms with Crippen LogP contribution in [0.3, 0.4) is 0 Å². The molecule has 1 N–H and O–H groups in total. The lowest BCUT2D eigenvalue weighted by Crippen LogP contribution is -2.47. The highest BCUT2D eigenvalue weighted by Gasteiger charge is 2.39. The highest BCUT2D eigenvalue weighted by atomic mass is 19.1. The molecule has 3 aliphatic carbocycles. The molecule has 0 bridgehead atoms. The van der Waals surface area contributed by atoms with E-state index in [1.807, 2.05) is 6.07 Å². The van der Waals surface area contributed by atoms with Gasteiger partial charge in [-0.25, -0.2) is 4.79 Å². The van der Waals surface area contributed by atoms with Crippen LogP contribution in [-0.2, 0) is 12.8 Å². The maximum atomic E-state index is 12.5. The van der Waals surface area contributed by atoms with Crippen molar-refractivity contribution in [3.05, 3.63) is 75.9 Å². The van der Waals surface area contributed by atoms with Crippen LogP contribution in [0.4, 0.5) is 4.39 Å². The van der Waals surface area contributed by atoms with Crippen molar-refractivity contribution in [2.75, 3.05) is 26.3 Å². The van der Waals surface area contributed by atoms with Crippen LogP contribution in [0.1, 0.15) is 84.0 Å². The van der Waals surface area contributed by atoms with Gasteiger partial charge in [0.2, 0.25) is 0 Å². The Morgan fingerprint density at radius 2 is 1.73 bits per heavy atom. The molecule has 2 aromatic rings. The van der Waals surface area contributed by atoms with Crippen LogP contribution < -0.4 is 0 Å². The molecule has 3 nitrogen and oxygen atoms in total. The number of benzene rings is 2. The largest absolute Gasteiger partial charge is 0.478 e. The number of nitrogens with zero attached hydrogens (tertiary/aromatic N) is 1. The van der Waals surface area contributed by atoms with Gasteiger partial charge in [0, 0.05) is 19.6 Å². The van der Waals surface area contributed by atoms with Gasteiger partial charge in [0.15, 0.2) is 0 Å². The minimum atomic E-state index is -0.843. The smallest absolute Gasteiger partial charge is 0.335 e. The molecule has 0 spiro atoms. The van der Waals surface area contributed by atoms with Crippen molar-refractivity contribution in [3.63, 3.8) is 0 Å². The van der Waals surface area contributed by atoms with Crippen molar-refractivity contribution >= 4 is 11.5 Å². The lowest BCUT2D eigenvalue weighted by Gasteiger charge is -2.39. The summed E-state index contributed by atoms with van der Waals surface area (Å²) in [7, 11) is 0. The quantitative estimate of drug-likeness (QED) is 0.416. The summed E-state index contributed by atoms with van der Waals surface area (Å²) >= 11 is 0. The van der Waals surface area contributed by atoms with E-state index in [0.29, 0.717) is 23.8 Å². The molecule has 3 fully saturated rings. The molecule has 196 valence electrons. The second-order valence-corrected chi connectivity index (χ2v) is 12.1. The number of carbonyl (C=O) groups is 1. The molecule has 6 rings (SSSR count). The normalized spacial score (nSPS) is 26.0. The van der Waals surface area contributed by atoms with Crippen LogP contribution in [-0.4, -0.2) is 42.3 Å². The Morgan fingerprint density at radius 3 is 2.43 bits per heavy atom. The van der Waals surface area contributed by atoms with E-state index in [4.69, 9.17) is 0 Å². The first-order chi connectivity index (χ1) is 18.1. The van der Waals surface area contributed by atoms with Gasteiger partial charge in [-0.05, 0) is 109 Å². The molecule has 0 aromatic heterocycles. The molecule has 4 aliphatic rings. The zero-order valence-electron chi connectivity index (χ0n) is 21.9. The highest BCUT2D eigenvalue weighted by Crippen LogP contribution is 2.52. The number of rotatable bonds is 8. The zero-order chi connectivity index (χ0) is 25.4. The van der Waals surface area contributed by atoms with Crippen molar-refractivity contribution in [2.24, 2.45) is 23.7 Å². The predicted octanol–water partition coefficient (Wildman–Crippen LogP) is 7.18. The number of alkyl halides is 1. The van der Waals surface area contributed by atoms with E-state index in [-0.39, 0.29) is 6.67 Å². The summed E-state index contributed by atoms with van der Waals surface area (Å²) in [5.74, 6) is 2.31. The van der Waals surface area contributed by atoms with E-state index in [1.54, 1.807) is 11.6 Å². The summed E-state index contributed by atoms with van der Waals surface area (Å²) in [5.41, 5.74) is 8.54. The third kappa shape index (κ3) is 5.14. The minimum Gasteiger partial charge on any atom is -0.478 e. The van der Waals surface area contributed by atoms with Crippen molar-refractivity contribution in [1.82, 2.24) is 4.90 Å². The summed E-state index contributed by atoms with van der Waals surface area (Å²) in [6.45, 7) is 2.83. The first kappa shape index (κ1) is 24.9. The van der Waals surface area contributed by atoms with Gasteiger partial charge in [-0.2, -0.15) is 0 Å². The highest BCUT2D eigenvalue weighted by molar-refractivity contribution is 5.90. The molecule has 1 saturated heterocycles. The SMILES string of the molecule is O=C(O)c1ccc2c(c1)CCCC(C1C[C@H]3CCC[C@H]3C1)=C2c1ccc(CC2CN(CCCF)C2)cc1. The molecule has 2 saturated carbocycles. The molecule has 1 aliphatic heterocycles. The number of aromatic carboxylic acids is 1. The number of hydrogen-bond acceptors (Lipinski definition) is 2. The Balaban J connectivity index is 1.29. The summed E-state index contributed by atoms with van der Waals surface area (Å²) < 4.78 is 12.5. The molecule has 1 unspecified atom stereocenters. The van der Waals surface area contributed by atoms with E-state index < -0.39 is 5.97 Å². The first-order valence-electron chi connectivity index (χ1n) is 14.6. The summed E-state index contributed by atoms with van der Waals surface area (Å²) in [6.07, 6.45) is 11.8. The fourth-order valence-corrected chi connectivity index (χ4v) is 7.95. The number of likely N-dealkylation sites (tertiary alicyclic amines) is 1. The number of aryl methyl sites for hydroxylation is 1. The molecule has 3 atom stereocenters. The molecular formula is C33H40FNO2. The fraction of sp³-hybridized carbons (Fsp3) is 0.545. The average Bonchev–Trinajstić information content (AvgIpc) is 3.43. The molecule has 0 amide bonds. The Morgan fingerprint density at radius 1 is 0.973 bits per heavy atom. The molecule has 1 heterocycles. The van der Waals surface area contributed by atoms with Crippen LogP contribution in [0.5, 0.6) is 0 Å². The second-order valence-electron chi connectivity index (χ2n) is 12.1. The van der Waals surface area contributed by atoms with Gasteiger partial charge >= 0.3 is 5.97 Å². The lowest BCUT2D eigenvalue weighted by molar-refractivity contribution is 0.0696. The Kier molecular flexibility index (Phi) is 7.20. The van der Waals surface area contributed by atoms with Gasteiger partial charge in [0.05, 0.1) is 12.2 Å². The lowest BCUT2D eigenvalue weighted by atomic mass is 9.82. The van der Waals surface area contributed by atoms with E-state index >= 15 is 0 Å². The van der Waals surface area contributed by atoms with Crippen molar-refractivity contribution in [1.29, 1.82) is 0 Å². The second kappa shape index (κ2) is 10.7. The van der Waals surface area contributed by atoms with Gasteiger partial charge in [-0.15, -0.1) is 0 Å². The molecule has 2 aromatic carbocycles. The van der Waals surface area contributed by atoms with Gasteiger partial charge in [-0.3, -0.25) is 4.39 Å². The number of fused-ring (bicyclic) bond motifs is 2. The van der Waals surface area contributed by atoms with Crippen LogP contribution in [0.25, 0.3) is 5.57 Å². The first-order valence-corrected chi connectivity index (χ1v) is 14.6. The topological polar surface area (TPSA) is 40.5 Å². The van der Waals surface area contributed by atoms with Crippen LogP contribution in [0.15, 0.2) is 48.0 Å². The van der Waals surface area contributed by atoms with E-state index in [1.165, 1.54) is 59.9 Å². The summed E-state index contributed by atoms with van der Waals surface area (Å²) in [6, 6.07) is 15.1. The third-order valence-corrected chi connectivity index (χ3v) is 9.73. The Labute approximate surface area is 220 Å². The van der Waals surface area contributed by atoms with Gasteiger partial charge < -0.3 is 10.0 Å². The zero-order valence-corrected chi connectivity index (χ0v) is 21.9. The summed E-state index contributed by atoms with van der Waals surface area (Å²) in [5, 5.41) is 9.61. The van der Waals surface area contributed by atoms with Gasteiger partial charge in [-0.1, -0.05) is 55.2 Å². The maximum absolute atomic E-state index is 12.5. The molecule has 37 heavy (non-hydrogen) atoms. The number of carboxylic acid groups (broad SMARTS) is 1. The number of carboxylic acids is 1. The maximum Gasteiger partial charge on any atom is 0.335 e. The van der Waals surface area contributed by atoms with E-state index in [9.17, 15) is 14.3 Å². The number of hydrogen-bond donors (Lipinski definition) is 1. The van der Waals surface area contributed by atoms with Crippen molar-refractivity contribution in [3.8, 4) is 0 Å². The van der Waals surface area contributed by atoms with Crippen LogP contribution in [0.2, 0.25) is 0 Å². The van der Waals surface area contributed by atoms with Crippen LogP contribution >= 0.6 is 0 Å². The fourth-order valence-electron chi connectivity index (χ4n) is 7.95. The minimum absolute atomic E-state index is 0.219. The van der Waals surface area contributed by atoms with Crippen molar-refractivity contribution in [2.45, 2.75) is 64.2 Å². The van der Waals surface area contributed by atoms with Crippen LogP contribution in [0, 0.1) is 23.7 Å². The van der Waals surface area contributed by atoms with Gasteiger partial charge in [0.1, 0.15) is 0 Å². The molecule has 4 heteroatoms. The van der Waals surface area contributed by atoms with E-state index in [2.05, 4.69) is 35.2 Å².